The van der Waals surface area contributed by atoms with Crippen LogP contribution < -0.4 is 15.4 Å². The molecule has 0 saturated carbocycles. The lowest BCUT2D eigenvalue weighted by molar-refractivity contribution is 0.301. The Morgan fingerprint density at radius 2 is 1.89 bits per heavy atom. The van der Waals surface area contributed by atoms with Crippen LogP contribution in [-0.2, 0) is 16.4 Å². The number of halogens is 1. The molecular weight excluding hydrogens is 489 g/mol. The van der Waals surface area contributed by atoms with E-state index in [1.54, 1.807) is 14.0 Å². The molecule has 8 heteroatoms. The van der Waals surface area contributed by atoms with Gasteiger partial charge in [0, 0.05) is 31.5 Å². The van der Waals surface area contributed by atoms with Crippen LogP contribution in [-0.4, -0.2) is 46.1 Å². The van der Waals surface area contributed by atoms with Crippen molar-refractivity contribution < 1.29 is 13.2 Å². The number of nitrogens with one attached hydrogen (secondary N) is 2. The van der Waals surface area contributed by atoms with Crippen molar-refractivity contribution in [3.8, 4) is 5.75 Å². The third-order valence-electron chi connectivity index (χ3n) is 4.29. The van der Waals surface area contributed by atoms with Crippen molar-refractivity contribution in [2.75, 3.05) is 31.7 Å². The van der Waals surface area contributed by atoms with Crippen LogP contribution in [0.5, 0.6) is 5.75 Å². The number of benzene rings is 1. The van der Waals surface area contributed by atoms with E-state index in [9.17, 15) is 8.42 Å². The topological polar surface area (TPSA) is 79.8 Å². The molecule has 2 N–H and O–H groups in total. The molecule has 0 bridgehead atoms. The summed E-state index contributed by atoms with van der Waals surface area (Å²) in [5.74, 6) is 1.72. The normalized spacial score (nSPS) is 11.6. The van der Waals surface area contributed by atoms with Crippen LogP contribution in [0.3, 0.4) is 0 Å². The summed E-state index contributed by atoms with van der Waals surface area (Å²) in [6.07, 6.45) is 4.70. The Bertz CT molecular complexity index is 694. The highest BCUT2D eigenvalue weighted by atomic mass is 127. The summed E-state index contributed by atoms with van der Waals surface area (Å²) in [4.78, 5) is 4.15. The number of hydrogen-bond donors (Lipinski definition) is 2. The number of ether oxygens (including phenoxy) is 1. The maximum Gasteiger partial charge on any atom is 0.191 e. The van der Waals surface area contributed by atoms with Gasteiger partial charge in [0.2, 0.25) is 0 Å². The minimum absolute atomic E-state index is 0. The quantitative estimate of drug-likeness (QED) is 0.189. The molecule has 0 atom stereocenters. The van der Waals surface area contributed by atoms with Gasteiger partial charge in [-0.1, -0.05) is 45.2 Å². The van der Waals surface area contributed by atoms with Crippen molar-refractivity contribution in [2.24, 2.45) is 4.99 Å². The molecule has 0 unspecified atom stereocenters. The molecule has 162 valence electrons. The Hall–Kier alpha value is -1.03. The largest absolute Gasteiger partial charge is 0.493 e. The van der Waals surface area contributed by atoms with E-state index in [1.165, 1.54) is 19.3 Å². The van der Waals surface area contributed by atoms with Crippen LogP contribution in [0.25, 0.3) is 0 Å². The van der Waals surface area contributed by atoms with E-state index < -0.39 is 9.84 Å². The van der Waals surface area contributed by atoms with Crippen LogP contribution >= 0.6 is 24.0 Å². The summed E-state index contributed by atoms with van der Waals surface area (Å²) in [5, 5.41) is 6.27. The first kappa shape index (κ1) is 27.0. The fourth-order valence-corrected chi connectivity index (χ4v) is 3.22. The van der Waals surface area contributed by atoms with Crippen molar-refractivity contribution in [3.63, 3.8) is 0 Å². The number of sulfone groups is 1. The lowest BCUT2D eigenvalue weighted by Crippen LogP contribution is -2.39. The molecule has 0 aliphatic rings. The first-order chi connectivity index (χ1) is 12.9. The average Bonchev–Trinajstić information content (AvgIpc) is 2.65. The highest BCUT2D eigenvalue weighted by Crippen LogP contribution is 2.20. The van der Waals surface area contributed by atoms with Gasteiger partial charge in [0.25, 0.3) is 0 Å². The molecule has 1 rings (SSSR count). The van der Waals surface area contributed by atoms with Gasteiger partial charge in [0.15, 0.2) is 15.8 Å². The fraction of sp³-hybridized carbons (Fsp3) is 0.650. The smallest absolute Gasteiger partial charge is 0.191 e. The second-order valence-electron chi connectivity index (χ2n) is 6.61. The van der Waals surface area contributed by atoms with Gasteiger partial charge in [-0.25, -0.2) is 8.42 Å². The van der Waals surface area contributed by atoms with E-state index >= 15 is 0 Å². The lowest BCUT2D eigenvalue weighted by atomic mass is 10.1. The van der Waals surface area contributed by atoms with Crippen LogP contribution in [0.1, 0.15) is 50.7 Å². The Morgan fingerprint density at radius 3 is 2.54 bits per heavy atom. The summed E-state index contributed by atoms with van der Waals surface area (Å²) in [6, 6.07) is 6.17. The van der Waals surface area contributed by atoms with Gasteiger partial charge in [-0.05, 0) is 25.0 Å². The molecule has 0 heterocycles. The number of aliphatic imine (C=N–C) groups is 1. The van der Waals surface area contributed by atoms with Crippen LogP contribution in [0.4, 0.5) is 0 Å². The molecule has 0 radical (unpaired) electrons. The highest BCUT2D eigenvalue weighted by molar-refractivity contribution is 14.0. The molecule has 1 aromatic carbocycles. The summed E-state index contributed by atoms with van der Waals surface area (Å²) < 4.78 is 29.1. The van der Waals surface area contributed by atoms with E-state index in [-0.39, 0.29) is 35.5 Å². The number of aryl methyl sites for hydroxylation is 1. The number of unbranched alkanes of at least 4 members (excludes halogenated alkanes) is 3. The molecule has 6 nitrogen and oxygen atoms in total. The van der Waals surface area contributed by atoms with Crippen LogP contribution in [0, 0.1) is 6.92 Å². The van der Waals surface area contributed by atoms with Gasteiger partial charge < -0.3 is 15.4 Å². The van der Waals surface area contributed by atoms with Crippen molar-refractivity contribution in [2.45, 2.75) is 53.0 Å². The molecule has 0 aliphatic heterocycles. The third kappa shape index (κ3) is 11.1. The van der Waals surface area contributed by atoms with Crippen molar-refractivity contribution in [3.05, 3.63) is 29.3 Å². The summed E-state index contributed by atoms with van der Waals surface area (Å²) in [5.41, 5.74) is 2.22. The zero-order chi connectivity index (χ0) is 20.1. The lowest BCUT2D eigenvalue weighted by Gasteiger charge is -2.15. The molecule has 0 fully saturated rings. The number of rotatable bonds is 12. The molecule has 0 saturated heterocycles. The van der Waals surface area contributed by atoms with Gasteiger partial charge >= 0.3 is 0 Å². The molecule has 0 amide bonds. The zero-order valence-electron chi connectivity index (χ0n) is 17.6. The number of nitrogens with zero attached hydrogens (tertiary/aromatic N) is 1. The van der Waals surface area contributed by atoms with Crippen molar-refractivity contribution >= 4 is 39.8 Å². The van der Waals surface area contributed by atoms with E-state index in [2.05, 4.69) is 47.7 Å². The van der Waals surface area contributed by atoms with Gasteiger partial charge in [0.05, 0.1) is 12.4 Å². The predicted molar refractivity (Wildman–Crippen MR) is 129 cm³/mol. The molecule has 0 aromatic heterocycles. The predicted octanol–water partition coefficient (Wildman–Crippen LogP) is 3.67. The highest BCUT2D eigenvalue weighted by Gasteiger charge is 2.09. The SMILES string of the molecule is CCCCCCOc1cc(C)ccc1CNC(=NC)NCCS(=O)(=O)CC.I. The zero-order valence-corrected chi connectivity index (χ0v) is 20.7. The van der Waals surface area contributed by atoms with Crippen molar-refractivity contribution in [1.82, 2.24) is 10.6 Å². The van der Waals surface area contributed by atoms with Gasteiger partial charge in [-0.15, -0.1) is 24.0 Å². The summed E-state index contributed by atoms with van der Waals surface area (Å²) in [6.45, 7) is 7.52. The Morgan fingerprint density at radius 1 is 1.14 bits per heavy atom. The maximum absolute atomic E-state index is 11.6. The van der Waals surface area contributed by atoms with E-state index in [1.807, 2.05) is 0 Å². The Labute approximate surface area is 187 Å². The summed E-state index contributed by atoms with van der Waals surface area (Å²) >= 11 is 0. The van der Waals surface area contributed by atoms with E-state index in [0.29, 0.717) is 19.0 Å². The third-order valence-corrected chi connectivity index (χ3v) is 6.00. The monoisotopic (exact) mass is 525 g/mol. The van der Waals surface area contributed by atoms with Gasteiger partial charge in [-0.2, -0.15) is 0 Å². The van der Waals surface area contributed by atoms with Crippen LogP contribution in [0.15, 0.2) is 23.2 Å². The molecule has 1 aromatic rings. The molecule has 28 heavy (non-hydrogen) atoms. The number of guanidine groups is 1. The number of hydrogen-bond acceptors (Lipinski definition) is 4. The minimum atomic E-state index is -2.98. The second-order valence-corrected chi connectivity index (χ2v) is 9.08. The second kappa shape index (κ2) is 14.9. The summed E-state index contributed by atoms with van der Waals surface area (Å²) in [7, 11) is -1.31. The first-order valence-corrected chi connectivity index (χ1v) is 11.6. The standard InChI is InChI=1S/C20H35N3O3S.HI/c1-5-7-8-9-13-26-19-15-17(3)10-11-18(19)16-23-20(21-4)22-12-14-27(24,25)6-2;/h10-11,15H,5-9,12-14,16H2,1-4H3,(H2,21,22,23);1H. The van der Waals surface area contributed by atoms with Crippen molar-refractivity contribution in [1.29, 1.82) is 0 Å². The van der Waals surface area contributed by atoms with Gasteiger partial charge in [0.1, 0.15) is 5.75 Å². The average molecular weight is 525 g/mol. The molecule has 0 aliphatic carbocycles. The first-order valence-electron chi connectivity index (χ1n) is 9.79. The van der Waals surface area contributed by atoms with E-state index in [0.717, 1.165) is 29.9 Å². The van der Waals surface area contributed by atoms with E-state index in [4.69, 9.17) is 4.74 Å². The molecular formula is C20H36IN3O3S. The molecule has 0 spiro atoms. The minimum Gasteiger partial charge on any atom is -0.493 e. The fourth-order valence-electron chi connectivity index (χ4n) is 2.52. The van der Waals surface area contributed by atoms with Crippen LogP contribution in [0.2, 0.25) is 0 Å². The Balaban J connectivity index is 0.00000729. The Kier molecular flexibility index (Phi) is 14.3. The maximum atomic E-state index is 11.6. The van der Waals surface area contributed by atoms with Gasteiger partial charge in [-0.3, -0.25) is 4.99 Å².